The van der Waals surface area contributed by atoms with Gasteiger partial charge >= 0.3 is 39.5 Å². The van der Waals surface area contributed by atoms with E-state index in [0.29, 0.717) is 31.6 Å². The Morgan fingerprint density at radius 1 is 0.326 bits per heavy atom. The Balaban J connectivity index is 5.29. The number of phosphoric ester groups is 2. The number of carbonyl (C=O) groups excluding carboxylic acids is 4. The van der Waals surface area contributed by atoms with Crippen molar-refractivity contribution in [2.24, 2.45) is 17.8 Å². The predicted octanol–water partition coefficient (Wildman–Crippen LogP) is 21.7. The van der Waals surface area contributed by atoms with Gasteiger partial charge in [0.2, 0.25) is 0 Å². The number of allylic oxidation sites excluding steroid dienone is 4. The van der Waals surface area contributed by atoms with Crippen LogP contribution in [0.3, 0.4) is 0 Å². The lowest BCUT2D eigenvalue weighted by atomic mass is 10.0. The van der Waals surface area contributed by atoms with Crippen molar-refractivity contribution in [2.75, 3.05) is 39.6 Å². The molecule has 0 fully saturated rings. The summed E-state index contributed by atoms with van der Waals surface area (Å²) in [6.45, 7) is 11.8. The van der Waals surface area contributed by atoms with E-state index in [1.54, 1.807) is 0 Å². The molecule has 3 unspecified atom stereocenters. The van der Waals surface area contributed by atoms with Gasteiger partial charge in [-0.05, 0) is 69.1 Å². The fraction of sp³-hybridized carbons (Fsp3) is 0.895. The van der Waals surface area contributed by atoms with Crippen LogP contribution in [0.1, 0.15) is 363 Å². The van der Waals surface area contributed by atoms with Crippen molar-refractivity contribution in [3.8, 4) is 0 Å². The molecule has 0 aliphatic heterocycles. The largest absolute Gasteiger partial charge is 0.472 e. The number of phosphoric acid groups is 2. The molecule has 0 aromatic heterocycles. The Morgan fingerprint density at radius 2 is 0.568 bits per heavy atom. The van der Waals surface area contributed by atoms with Gasteiger partial charge < -0.3 is 33.8 Å². The summed E-state index contributed by atoms with van der Waals surface area (Å²) >= 11 is 0. The summed E-state index contributed by atoms with van der Waals surface area (Å²) in [5.74, 6) is 0.103. The molecule has 17 nitrogen and oxygen atoms in total. The molecule has 0 saturated carbocycles. The maximum Gasteiger partial charge on any atom is 0.472 e. The van der Waals surface area contributed by atoms with Gasteiger partial charge in [-0.3, -0.25) is 37.3 Å². The lowest BCUT2D eigenvalue weighted by molar-refractivity contribution is -0.161. The van der Waals surface area contributed by atoms with Crippen LogP contribution in [0, 0.1) is 17.8 Å². The van der Waals surface area contributed by atoms with E-state index in [1.165, 1.54) is 148 Å². The smallest absolute Gasteiger partial charge is 0.462 e. The second-order valence-electron chi connectivity index (χ2n) is 28.1. The number of rotatable bonds is 72. The molecule has 0 spiro atoms. The zero-order valence-corrected chi connectivity index (χ0v) is 63.4. The van der Waals surface area contributed by atoms with E-state index in [4.69, 9.17) is 37.0 Å². The summed E-state index contributed by atoms with van der Waals surface area (Å²) in [5.41, 5.74) is 0. The van der Waals surface area contributed by atoms with Crippen LogP contribution in [0.5, 0.6) is 0 Å². The van der Waals surface area contributed by atoms with E-state index in [1.807, 2.05) is 0 Å². The van der Waals surface area contributed by atoms with Crippen molar-refractivity contribution in [3.63, 3.8) is 0 Å². The van der Waals surface area contributed by atoms with Crippen molar-refractivity contribution in [2.45, 2.75) is 381 Å². The minimum Gasteiger partial charge on any atom is -0.462 e. The van der Waals surface area contributed by atoms with Gasteiger partial charge in [0.25, 0.3) is 0 Å². The molecule has 3 N–H and O–H groups in total. The van der Waals surface area contributed by atoms with E-state index < -0.39 is 97.5 Å². The molecule has 0 bridgehead atoms. The van der Waals surface area contributed by atoms with Crippen LogP contribution in [-0.4, -0.2) is 96.7 Å². The lowest BCUT2D eigenvalue weighted by Crippen LogP contribution is -2.30. The van der Waals surface area contributed by atoms with Crippen molar-refractivity contribution < 1.29 is 80.2 Å². The van der Waals surface area contributed by atoms with Gasteiger partial charge in [-0.15, -0.1) is 0 Å². The minimum atomic E-state index is -4.97. The first-order chi connectivity index (χ1) is 45.7. The normalized spacial score (nSPS) is 14.2. The van der Waals surface area contributed by atoms with Gasteiger partial charge in [0, 0.05) is 25.7 Å². The van der Waals surface area contributed by atoms with Crippen LogP contribution in [0.15, 0.2) is 24.3 Å². The highest BCUT2D eigenvalue weighted by Crippen LogP contribution is 2.45. The van der Waals surface area contributed by atoms with Crippen LogP contribution < -0.4 is 0 Å². The highest BCUT2D eigenvalue weighted by Gasteiger charge is 2.30. The van der Waals surface area contributed by atoms with E-state index in [0.717, 1.165) is 127 Å². The molecule has 0 aliphatic rings. The molecule has 0 rings (SSSR count). The Labute approximate surface area is 580 Å². The number of esters is 4. The van der Waals surface area contributed by atoms with Crippen LogP contribution in [0.2, 0.25) is 0 Å². The topological polar surface area (TPSA) is 237 Å². The molecule has 0 saturated heterocycles. The second kappa shape index (κ2) is 66.1. The maximum absolute atomic E-state index is 13.1. The van der Waals surface area contributed by atoms with E-state index in [-0.39, 0.29) is 25.7 Å². The van der Waals surface area contributed by atoms with Crippen LogP contribution in [0.4, 0.5) is 0 Å². The first kappa shape index (κ1) is 92.5. The van der Waals surface area contributed by atoms with Gasteiger partial charge in [0.05, 0.1) is 26.4 Å². The molecule has 95 heavy (non-hydrogen) atoms. The fourth-order valence-corrected chi connectivity index (χ4v) is 12.6. The quantitative estimate of drug-likeness (QED) is 0.0169. The number of aliphatic hydroxyl groups excluding tert-OH is 1. The predicted molar refractivity (Wildman–Crippen MR) is 386 cm³/mol. The average Bonchev–Trinajstić information content (AvgIpc) is 3.13. The molecule has 0 aromatic carbocycles. The Kier molecular flexibility index (Phi) is 64.4. The first-order valence-electron chi connectivity index (χ1n) is 38.7. The summed E-state index contributed by atoms with van der Waals surface area (Å²) in [6.07, 6.45) is 54.9. The molecule has 560 valence electrons. The standard InChI is InChI=1S/C76H144O17P2/c1-8-9-10-11-12-13-14-15-16-19-24-29-36-43-50-57-73(78)86-63-71(92-75(80)59-52-45-37-30-25-20-17-18-22-27-33-40-47-54-67(2)3)65-90-94(82,83)88-61-70(77)62-89-95(84,85)91-66-72(64-87-74(79)58-51-44-39-32-35-42-49-56-69(6)7)93-76(81)60-53-46-38-31-26-21-23-28-34-41-48-55-68(4)5/h13-16,67-72,77H,8-12,17-66H2,1-7H3,(H,82,83)(H,84,85)/b14-13-,16-15-/t70?,71-,72-/m1/s1. The zero-order valence-electron chi connectivity index (χ0n) is 61.6. The molecule has 5 atom stereocenters. The number of ether oxygens (including phenoxy) is 4. The molecule has 0 amide bonds. The zero-order chi connectivity index (χ0) is 70.1. The summed E-state index contributed by atoms with van der Waals surface area (Å²) in [6, 6.07) is 0. The number of unbranched alkanes of at least 4 members (excludes halogenated alkanes) is 37. The van der Waals surface area contributed by atoms with Crippen molar-refractivity contribution in [1.29, 1.82) is 0 Å². The summed E-state index contributed by atoms with van der Waals surface area (Å²) in [7, 11) is -9.92. The third-order valence-corrected chi connectivity index (χ3v) is 18.9. The molecule has 0 aromatic rings. The van der Waals surface area contributed by atoms with Gasteiger partial charge in [-0.1, -0.05) is 310 Å². The van der Waals surface area contributed by atoms with Crippen LogP contribution >= 0.6 is 15.6 Å². The SMILES string of the molecule is CCCCCC/C=C\C=C/CCCCCCCC(=O)OC[C@H](COP(=O)(O)OCC(O)COP(=O)(O)OC[C@@H](COC(=O)CCCCCCCCCC(C)C)OC(=O)CCCCCCCCCCCCCC(C)C)OC(=O)CCCCCCCCCCCCCCCC(C)C. The lowest BCUT2D eigenvalue weighted by Gasteiger charge is -2.21. The summed E-state index contributed by atoms with van der Waals surface area (Å²) < 4.78 is 68.5. The maximum atomic E-state index is 13.1. The average molecular weight is 1390 g/mol. The molecule has 0 aliphatic carbocycles. The molecule has 19 heteroatoms. The van der Waals surface area contributed by atoms with Crippen LogP contribution in [-0.2, 0) is 65.4 Å². The van der Waals surface area contributed by atoms with Gasteiger partial charge in [-0.2, -0.15) is 0 Å². The third kappa shape index (κ3) is 69.8. The third-order valence-electron chi connectivity index (χ3n) is 17.0. The first-order valence-corrected chi connectivity index (χ1v) is 41.7. The van der Waals surface area contributed by atoms with Crippen molar-refractivity contribution in [3.05, 3.63) is 24.3 Å². The number of hydrogen-bond acceptors (Lipinski definition) is 15. The van der Waals surface area contributed by atoms with Crippen LogP contribution in [0.25, 0.3) is 0 Å². The highest BCUT2D eigenvalue weighted by atomic mass is 31.2. The van der Waals surface area contributed by atoms with E-state index in [9.17, 15) is 43.2 Å². The number of hydrogen-bond donors (Lipinski definition) is 3. The molecular formula is C76H144O17P2. The highest BCUT2D eigenvalue weighted by molar-refractivity contribution is 7.47. The minimum absolute atomic E-state index is 0.0999. The van der Waals surface area contributed by atoms with E-state index >= 15 is 0 Å². The van der Waals surface area contributed by atoms with Gasteiger partial charge in [0.1, 0.15) is 19.3 Å². The van der Waals surface area contributed by atoms with E-state index in [2.05, 4.69) is 72.8 Å². The monoisotopic (exact) mass is 1390 g/mol. The van der Waals surface area contributed by atoms with Gasteiger partial charge in [-0.25, -0.2) is 9.13 Å². The Morgan fingerprint density at radius 3 is 0.853 bits per heavy atom. The summed E-state index contributed by atoms with van der Waals surface area (Å²) in [5, 5.41) is 10.6. The summed E-state index contributed by atoms with van der Waals surface area (Å²) in [4.78, 5) is 72.8. The molecule has 0 heterocycles. The van der Waals surface area contributed by atoms with Crippen molar-refractivity contribution >= 4 is 39.5 Å². The second-order valence-corrected chi connectivity index (χ2v) is 31.0. The number of aliphatic hydroxyl groups is 1. The Hall–Kier alpha value is -2.46. The molecule has 0 radical (unpaired) electrons. The Bertz CT molecular complexity index is 1950. The fourth-order valence-electron chi connectivity index (χ4n) is 11.1. The van der Waals surface area contributed by atoms with Crippen molar-refractivity contribution in [1.82, 2.24) is 0 Å². The van der Waals surface area contributed by atoms with Gasteiger partial charge in [0.15, 0.2) is 12.2 Å². The number of carbonyl (C=O) groups is 4. The molecular weight excluding hydrogens is 1250 g/mol.